The second kappa shape index (κ2) is 10.1. The van der Waals surface area contributed by atoms with E-state index in [1.807, 2.05) is 0 Å². The van der Waals surface area contributed by atoms with Crippen molar-refractivity contribution in [2.75, 3.05) is 13.7 Å². The minimum atomic E-state index is -1.52. The largest absolute Gasteiger partial charge is 0.394 e. The molecule has 3 N–H and O–H groups in total. The van der Waals surface area contributed by atoms with Crippen molar-refractivity contribution in [3.05, 3.63) is 71.7 Å². The number of hydrogen-bond donors (Lipinski definition) is 3. The third-order valence-electron chi connectivity index (χ3n) is 5.92. The highest BCUT2D eigenvalue weighted by Gasteiger charge is 2.48. The molecule has 4 rings (SSSR count). The molecular weight excluding hydrogens is 469 g/mol. The highest BCUT2D eigenvalue weighted by molar-refractivity contribution is 5.78. The van der Waals surface area contributed by atoms with Crippen LogP contribution in [-0.2, 0) is 16.0 Å². The molecule has 35 heavy (non-hydrogen) atoms. The molecule has 9 nitrogen and oxygen atoms in total. The van der Waals surface area contributed by atoms with Gasteiger partial charge in [0.1, 0.15) is 35.9 Å². The number of ether oxygens (including phenoxy) is 1. The second-order valence-corrected chi connectivity index (χ2v) is 8.24. The minimum Gasteiger partial charge on any atom is -0.394 e. The Balaban J connectivity index is 1.57. The maximum atomic E-state index is 13.6. The fraction of sp³-hybridized carbons (Fsp3) is 0.348. The van der Waals surface area contributed by atoms with Gasteiger partial charge in [-0.25, -0.2) is 17.9 Å². The van der Waals surface area contributed by atoms with Gasteiger partial charge < -0.3 is 25.0 Å². The van der Waals surface area contributed by atoms with Crippen molar-refractivity contribution in [1.29, 1.82) is 0 Å². The van der Waals surface area contributed by atoms with Crippen molar-refractivity contribution in [2.24, 2.45) is 0 Å². The summed E-state index contributed by atoms with van der Waals surface area (Å²) in [5.74, 6) is -3.22. The SMILES string of the molecule is CN(C(=O)Cc1ccc(F)c(F)c1)[C@@H]1OC(CO)[C@H](O)C(n2cc(-c3cccc(F)c3)nn2)C1O. The van der Waals surface area contributed by atoms with E-state index in [2.05, 4.69) is 10.3 Å². The zero-order valence-corrected chi connectivity index (χ0v) is 18.5. The number of hydrogen-bond acceptors (Lipinski definition) is 7. The van der Waals surface area contributed by atoms with E-state index in [1.54, 1.807) is 6.07 Å². The number of amides is 1. The molecule has 1 aliphatic heterocycles. The lowest BCUT2D eigenvalue weighted by Crippen LogP contribution is -2.61. The van der Waals surface area contributed by atoms with Crippen molar-refractivity contribution in [2.45, 2.75) is 37.0 Å². The van der Waals surface area contributed by atoms with Gasteiger partial charge in [-0.3, -0.25) is 4.79 Å². The van der Waals surface area contributed by atoms with Crippen molar-refractivity contribution < 1.29 is 38.0 Å². The van der Waals surface area contributed by atoms with Crippen LogP contribution in [0.15, 0.2) is 48.7 Å². The molecule has 0 saturated carbocycles. The van der Waals surface area contributed by atoms with Crippen LogP contribution >= 0.6 is 0 Å². The third-order valence-corrected chi connectivity index (χ3v) is 5.92. The number of benzene rings is 2. The molecule has 0 radical (unpaired) electrons. The van der Waals surface area contributed by atoms with E-state index in [9.17, 15) is 33.3 Å². The molecule has 0 spiro atoms. The molecule has 1 saturated heterocycles. The van der Waals surface area contributed by atoms with Crippen molar-refractivity contribution in [3.63, 3.8) is 0 Å². The molecule has 0 aliphatic carbocycles. The van der Waals surface area contributed by atoms with Crippen molar-refractivity contribution in [1.82, 2.24) is 19.9 Å². The lowest BCUT2D eigenvalue weighted by atomic mass is 9.94. The molecule has 1 fully saturated rings. The Kier molecular flexibility index (Phi) is 7.17. The summed E-state index contributed by atoms with van der Waals surface area (Å²) in [6, 6.07) is 7.49. The second-order valence-electron chi connectivity index (χ2n) is 8.24. The standard InChI is InChI=1S/C23H23F3N4O5/c1-29(19(32)8-12-5-6-15(25)16(26)7-12)23-22(34)20(21(33)18(11-31)35-23)30-10-17(27-28-30)13-3-2-4-14(24)9-13/h2-7,9-10,18,20-23,31,33-34H,8,11H2,1H3/t18?,20?,21-,22?,23+/m0/s1. The molecule has 1 aliphatic rings. The molecule has 186 valence electrons. The summed E-state index contributed by atoms with van der Waals surface area (Å²) in [6.07, 6.45) is -4.37. The average Bonchev–Trinajstić information content (AvgIpc) is 3.31. The van der Waals surface area contributed by atoms with Gasteiger partial charge >= 0.3 is 0 Å². The Bertz CT molecular complexity index is 1210. The van der Waals surface area contributed by atoms with E-state index in [4.69, 9.17) is 4.74 Å². The summed E-state index contributed by atoms with van der Waals surface area (Å²) in [4.78, 5) is 13.9. The molecular formula is C23H23F3N4O5. The van der Waals surface area contributed by atoms with E-state index in [-0.39, 0.29) is 17.7 Å². The summed E-state index contributed by atoms with van der Waals surface area (Å²) in [5, 5.41) is 39.4. The highest BCUT2D eigenvalue weighted by atomic mass is 19.2. The Morgan fingerprint density at radius 3 is 2.57 bits per heavy atom. The molecule has 2 heterocycles. The summed E-state index contributed by atoms with van der Waals surface area (Å²) in [7, 11) is 1.33. The highest BCUT2D eigenvalue weighted by Crippen LogP contribution is 2.32. The number of aliphatic hydroxyl groups is 3. The maximum Gasteiger partial charge on any atom is 0.228 e. The maximum absolute atomic E-state index is 13.6. The lowest BCUT2D eigenvalue weighted by molar-refractivity contribution is -0.241. The average molecular weight is 492 g/mol. The normalized spacial score (nSPS) is 24.4. The van der Waals surface area contributed by atoms with Gasteiger partial charge in [0, 0.05) is 12.6 Å². The summed E-state index contributed by atoms with van der Waals surface area (Å²) >= 11 is 0. The summed E-state index contributed by atoms with van der Waals surface area (Å²) in [6.45, 7) is -0.627. The Morgan fingerprint density at radius 2 is 1.89 bits per heavy atom. The van der Waals surface area contributed by atoms with Gasteiger partial charge in [0.2, 0.25) is 5.91 Å². The monoisotopic (exact) mass is 492 g/mol. The molecule has 3 aromatic rings. The quantitative estimate of drug-likeness (QED) is 0.470. The molecule has 1 aromatic heterocycles. The first-order valence-corrected chi connectivity index (χ1v) is 10.7. The molecule has 5 atom stereocenters. The predicted octanol–water partition coefficient (Wildman–Crippen LogP) is 1.04. The van der Waals surface area contributed by atoms with Gasteiger partial charge in [-0.05, 0) is 29.8 Å². The van der Waals surface area contributed by atoms with Gasteiger partial charge in [0.25, 0.3) is 0 Å². The number of likely N-dealkylation sites (N-methyl/N-ethyl adjacent to an activating group) is 1. The fourth-order valence-corrected chi connectivity index (χ4v) is 4.01. The first-order chi connectivity index (χ1) is 16.7. The molecule has 12 heteroatoms. The van der Waals surface area contributed by atoms with Gasteiger partial charge in [-0.15, -0.1) is 5.10 Å². The van der Waals surface area contributed by atoms with E-state index in [0.717, 1.165) is 17.0 Å². The Morgan fingerprint density at radius 1 is 1.11 bits per heavy atom. The van der Waals surface area contributed by atoms with Crippen LogP contribution in [0.25, 0.3) is 11.3 Å². The van der Waals surface area contributed by atoms with Crippen LogP contribution < -0.4 is 0 Å². The Hall–Kier alpha value is -3.32. The van der Waals surface area contributed by atoms with E-state index in [0.29, 0.717) is 5.56 Å². The first-order valence-electron chi connectivity index (χ1n) is 10.7. The van der Waals surface area contributed by atoms with Crippen molar-refractivity contribution >= 4 is 5.91 Å². The van der Waals surface area contributed by atoms with Crippen LogP contribution in [0, 0.1) is 17.5 Å². The summed E-state index contributed by atoms with van der Waals surface area (Å²) < 4.78 is 47.1. The number of halogens is 3. The summed E-state index contributed by atoms with van der Waals surface area (Å²) in [5.41, 5.74) is 0.897. The van der Waals surface area contributed by atoms with E-state index < -0.39 is 60.5 Å². The number of aromatic nitrogens is 3. The number of nitrogens with zero attached hydrogens (tertiary/aromatic N) is 4. The van der Waals surface area contributed by atoms with Gasteiger partial charge in [0.15, 0.2) is 17.9 Å². The van der Waals surface area contributed by atoms with Crippen LogP contribution in [0.2, 0.25) is 0 Å². The van der Waals surface area contributed by atoms with E-state index in [1.165, 1.54) is 42.2 Å². The Labute approximate surface area is 198 Å². The van der Waals surface area contributed by atoms with Gasteiger partial charge in [-0.1, -0.05) is 23.4 Å². The van der Waals surface area contributed by atoms with Crippen molar-refractivity contribution in [3.8, 4) is 11.3 Å². The number of carbonyl (C=O) groups is 1. The van der Waals surface area contributed by atoms with Crippen LogP contribution in [-0.4, -0.2) is 79.3 Å². The number of carbonyl (C=O) groups excluding carboxylic acids is 1. The van der Waals surface area contributed by atoms with Gasteiger partial charge in [-0.2, -0.15) is 0 Å². The molecule has 2 aromatic carbocycles. The van der Waals surface area contributed by atoms with Crippen LogP contribution in [0.5, 0.6) is 0 Å². The zero-order chi connectivity index (χ0) is 25.3. The first kappa shape index (κ1) is 24.8. The predicted molar refractivity (Wildman–Crippen MR) is 115 cm³/mol. The lowest BCUT2D eigenvalue weighted by Gasteiger charge is -2.45. The zero-order valence-electron chi connectivity index (χ0n) is 18.5. The van der Waals surface area contributed by atoms with Crippen LogP contribution in [0.3, 0.4) is 0 Å². The van der Waals surface area contributed by atoms with Crippen LogP contribution in [0.4, 0.5) is 13.2 Å². The molecule has 3 unspecified atom stereocenters. The number of aliphatic hydroxyl groups excluding tert-OH is 3. The van der Waals surface area contributed by atoms with E-state index >= 15 is 0 Å². The van der Waals surface area contributed by atoms with Gasteiger partial charge in [0.05, 0.1) is 19.2 Å². The smallest absolute Gasteiger partial charge is 0.228 e. The molecule has 0 bridgehead atoms. The third kappa shape index (κ3) is 5.05. The molecule has 1 amide bonds. The minimum absolute atomic E-state index is 0.206. The van der Waals surface area contributed by atoms with Crippen LogP contribution in [0.1, 0.15) is 11.6 Å². The number of rotatable bonds is 6. The topological polar surface area (TPSA) is 121 Å². The fourth-order valence-electron chi connectivity index (χ4n) is 4.01.